The summed E-state index contributed by atoms with van der Waals surface area (Å²) in [6, 6.07) is 21.8. The van der Waals surface area contributed by atoms with Crippen LogP contribution in [0.15, 0.2) is 84.9 Å². The van der Waals surface area contributed by atoms with E-state index in [1.54, 1.807) is 54.6 Å². The van der Waals surface area contributed by atoms with Gasteiger partial charge in [0.1, 0.15) is 11.5 Å². The Labute approximate surface area is 242 Å². The predicted octanol–water partition coefficient (Wildman–Crippen LogP) is 4.40. The second-order valence-electron chi connectivity index (χ2n) is 9.65. The molecule has 3 aliphatic heterocycles. The smallest absolute Gasteiger partial charge is 0.346 e. The average molecular weight is 572 g/mol. The molecule has 7 rings (SSSR count). The molecule has 0 aromatic heterocycles. The Kier molecular flexibility index (Phi) is 6.08. The summed E-state index contributed by atoms with van der Waals surface area (Å²) in [5.41, 5.74) is 2.83. The standard InChI is InChI=1S/C33H16O10/c34-28(19-7-13-23-25(15-19)27-33(41-27)43-31(23)37)39-21-9-3-17(4-10-21)1-2-18-5-11-22(12-6-18)40-29(35)20-8-14-24-26(16-20)32(38)42-30(24)36/h3-16,27,33H. The second kappa shape index (κ2) is 10.1. The number of carbonyl (C=O) groups is 5. The Morgan fingerprint density at radius 2 is 1.14 bits per heavy atom. The monoisotopic (exact) mass is 572 g/mol. The normalized spacial score (nSPS) is 17.3. The summed E-state index contributed by atoms with van der Waals surface area (Å²) in [7, 11) is 0. The molecule has 3 heterocycles. The molecule has 10 heteroatoms. The van der Waals surface area contributed by atoms with Gasteiger partial charge < -0.3 is 23.7 Å². The Morgan fingerprint density at radius 1 is 0.605 bits per heavy atom. The van der Waals surface area contributed by atoms with E-state index in [2.05, 4.69) is 16.6 Å². The lowest BCUT2D eigenvalue weighted by molar-refractivity contribution is 0.0289. The fraction of sp³-hybridized carbons (Fsp3) is 0.0606. The molecule has 0 bridgehead atoms. The van der Waals surface area contributed by atoms with Crippen molar-refractivity contribution in [1.82, 2.24) is 0 Å². The molecule has 10 nitrogen and oxygen atoms in total. The lowest BCUT2D eigenvalue weighted by atomic mass is 9.99. The van der Waals surface area contributed by atoms with Crippen LogP contribution in [0.5, 0.6) is 11.5 Å². The molecule has 2 unspecified atom stereocenters. The van der Waals surface area contributed by atoms with Crippen LogP contribution in [0.25, 0.3) is 0 Å². The van der Waals surface area contributed by atoms with Gasteiger partial charge in [-0.05, 0) is 84.9 Å². The van der Waals surface area contributed by atoms with Gasteiger partial charge in [-0.2, -0.15) is 0 Å². The maximum Gasteiger partial charge on any atom is 0.346 e. The van der Waals surface area contributed by atoms with Crippen molar-refractivity contribution >= 4 is 29.8 Å². The first-order valence-electron chi connectivity index (χ1n) is 12.9. The van der Waals surface area contributed by atoms with Crippen LogP contribution in [0.1, 0.15) is 74.6 Å². The number of ether oxygens (including phenoxy) is 5. The average Bonchev–Trinajstić information content (AvgIpc) is 3.74. The van der Waals surface area contributed by atoms with Crippen molar-refractivity contribution in [3.8, 4) is 23.3 Å². The third kappa shape index (κ3) is 5.01. The van der Waals surface area contributed by atoms with Gasteiger partial charge in [0.05, 0.1) is 27.8 Å². The molecule has 0 spiro atoms. The van der Waals surface area contributed by atoms with E-state index in [1.165, 1.54) is 30.3 Å². The molecule has 4 aromatic rings. The van der Waals surface area contributed by atoms with E-state index < -0.39 is 36.1 Å². The minimum atomic E-state index is -0.804. The van der Waals surface area contributed by atoms with Crippen LogP contribution in [-0.2, 0) is 14.2 Å². The lowest BCUT2D eigenvalue weighted by Gasteiger charge is -2.12. The molecule has 0 radical (unpaired) electrons. The molecule has 0 aliphatic carbocycles. The molecule has 2 atom stereocenters. The maximum atomic E-state index is 12.7. The quantitative estimate of drug-likeness (QED) is 0.114. The number of epoxide rings is 1. The van der Waals surface area contributed by atoms with Crippen molar-refractivity contribution in [1.29, 1.82) is 0 Å². The third-order valence-electron chi connectivity index (χ3n) is 6.85. The molecule has 43 heavy (non-hydrogen) atoms. The Bertz CT molecular complexity index is 1940. The summed E-state index contributed by atoms with van der Waals surface area (Å²) in [6.45, 7) is 0. The fourth-order valence-corrected chi connectivity index (χ4v) is 4.59. The minimum absolute atomic E-state index is 0.0204. The SMILES string of the molecule is O=C(Oc1ccc(C#Cc2ccc(OC(=O)c3ccc4c(c3)C3OC3OC4=O)cc2)cc1)c1ccc2c(c1)C(=O)OC2=O. The highest BCUT2D eigenvalue weighted by Gasteiger charge is 2.50. The summed E-state index contributed by atoms with van der Waals surface area (Å²) in [6.07, 6.45) is -0.937. The van der Waals surface area contributed by atoms with Crippen LogP contribution < -0.4 is 9.47 Å². The van der Waals surface area contributed by atoms with Crippen molar-refractivity contribution < 1.29 is 47.7 Å². The van der Waals surface area contributed by atoms with E-state index in [-0.39, 0.29) is 34.1 Å². The summed E-state index contributed by atoms with van der Waals surface area (Å²) >= 11 is 0. The fourth-order valence-electron chi connectivity index (χ4n) is 4.59. The second-order valence-corrected chi connectivity index (χ2v) is 9.65. The first-order valence-corrected chi connectivity index (χ1v) is 12.9. The van der Waals surface area contributed by atoms with E-state index in [0.29, 0.717) is 28.0 Å². The molecule has 0 N–H and O–H groups in total. The number of benzene rings is 4. The van der Waals surface area contributed by atoms with Crippen LogP contribution in [0, 0.1) is 11.8 Å². The zero-order chi connectivity index (χ0) is 29.7. The van der Waals surface area contributed by atoms with Gasteiger partial charge in [0.25, 0.3) is 0 Å². The molecule has 0 amide bonds. The van der Waals surface area contributed by atoms with Crippen molar-refractivity contribution in [2.75, 3.05) is 0 Å². The van der Waals surface area contributed by atoms with Gasteiger partial charge in [-0.15, -0.1) is 0 Å². The van der Waals surface area contributed by atoms with Crippen LogP contribution in [-0.4, -0.2) is 36.1 Å². The predicted molar refractivity (Wildman–Crippen MR) is 144 cm³/mol. The highest BCUT2D eigenvalue weighted by molar-refractivity contribution is 6.15. The highest BCUT2D eigenvalue weighted by Crippen LogP contribution is 2.45. The molecule has 3 aliphatic rings. The Balaban J connectivity index is 0.965. The van der Waals surface area contributed by atoms with Gasteiger partial charge >= 0.3 is 29.8 Å². The first-order chi connectivity index (χ1) is 20.8. The first kappa shape index (κ1) is 25.9. The number of carbonyl (C=O) groups excluding carboxylic acids is 5. The summed E-state index contributed by atoms with van der Waals surface area (Å²) in [5.74, 6) is 3.30. The molecule has 208 valence electrons. The molecule has 0 saturated carbocycles. The van der Waals surface area contributed by atoms with E-state index in [9.17, 15) is 24.0 Å². The molecule has 4 aromatic carbocycles. The summed E-state index contributed by atoms with van der Waals surface area (Å²) < 4.78 is 25.7. The summed E-state index contributed by atoms with van der Waals surface area (Å²) in [5, 5.41) is 0. The largest absolute Gasteiger partial charge is 0.429 e. The van der Waals surface area contributed by atoms with Gasteiger partial charge in [-0.25, -0.2) is 24.0 Å². The van der Waals surface area contributed by atoms with E-state index in [0.717, 1.165) is 0 Å². The number of hydrogen-bond acceptors (Lipinski definition) is 10. The molecule has 1 fully saturated rings. The van der Waals surface area contributed by atoms with Crippen LogP contribution >= 0.6 is 0 Å². The summed E-state index contributed by atoms with van der Waals surface area (Å²) in [4.78, 5) is 60.5. The molecular weight excluding hydrogens is 556 g/mol. The number of cyclic esters (lactones) is 2. The van der Waals surface area contributed by atoms with Crippen molar-refractivity contribution in [3.05, 3.63) is 129 Å². The Morgan fingerprint density at radius 3 is 1.74 bits per heavy atom. The lowest BCUT2D eigenvalue weighted by Crippen LogP contribution is -2.17. The number of rotatable bonds is 4. The minimum Gasteiger partial charge on any atom is -0.429 e. The van der Waals surface area contributed by atoms with Crippen LogP contribution in [0.3, 0.4) is 0 Å². The van der Waals surface area contributed by atoms with Crippen molar-refractivity contribution in [2.45, 2.75) is 12.4 Å². The van der Waals surface area contributed by atoms with Crippen molar-refractivity contribution in [2.24, 2.45) is 0 Å². The topological polar surface area (TPSA) is 135 Å². The molecule has 1 saturated heterocycles. The van der Waals surface area contributed by atoms with Gasteiger partial charge in [-0.1, -0.05) is 11.8 Å². The van der Waals surface area contributed by atoms with Gasteiger partial charge in [0.2, 0.25) is 6.29 Å². The van der Waals surface area contributed by atoms with Crippen LogP contribution in [0.2, 0.25) is 0 Å². The number of esters is 5. The number of hydrogen-bond donors (Lipinski definition) is 0. The Hall–Kier alpha value is -6.05. The van der Waals surface area contributed by atoms with Crippen molar-refractivity contribution in [3.63, 3.8) is 0 Å². The maximum absolute atomic E-state index is 12.7. The number of fused-ring (bicyclic) bond motifs is 4. The third-order valence-corrected chi connectivity index (χ3v) is 6.85. The van der Waals surface area contributed by atoms with Crippen LogP contribution in [0.4, 0.5) is 0 Å². The van der Waals surface area contributed by atoms with Gasteiger partial charge in [0, 0.05) is 16.7 Å². The van der Waals surface area contributed by atoms with E-state index in [1.807, 2.05) is 0 Å². The highest BCUT2D eigenvalue weighted by atomic mass is 16.8. The van der Waals surface area contributed by atoms with E-state index in [4.69, 9.17) is 18.9 Å². The van der Waals surface area contributed by atoms with Gasteiger partial charge in [0.15, 0.2) is 6.10 Å². The van der Waals surface area contributed by atoms with E-state index >= 15 is 0 Å². The van der Waals surface area contributed by atoms with Gasteiger partial charge in [-0.3, -0.25) is 0 Å². The zero-order valence-corrected chi connectivity index (χ0v) is 21.8. The zero-order valence-electron chi connectivity index (χ0n) is 21.8. The molecular formula is C33H16O10.